The van der Waals surface area contributed by atoms with E-state index in [-0.39, 0.29) is 24.8 Å². The number of carbonyl (C=O) groups excluding carboxylic acids is 1. The zero-order chi connectivity index (χ0) is 11.1. The Kier molecular flexibility index (Phi) is 2.56. The highest BCUT2D eigenvalue weighted by Crippen LogP contribution is 2.50. The van der Waals surface area contributed by atoms with Gasteiger partial charge < -0.3 is 14.6 Å². The molecule has 0 aromatic carbocycles. The molecule has 1 spiro atoms. The highest BCUT2D eigenvalue weighted by molar-refractivity contribution is 5.66. The fraction of sp³-hybridized carbons (Fsp3) is 0.727. The molecule has 2 aliphatic rings. The minimum absolute atomic E-state index is 0.108. The first-order valence-electron chi connectivity index (χ1n) is 5.22. The van der Waals surface area contributed by atoms with E-state index >= 15 is 0 Å². The Balaban J connectivity index is 1.92. The van der Waals surface area contributed by atoms with Crippen molar-refractivity contribution in [2.45, 2.75) is 44.0 Å². The molecular formula is C11H16O4. The third-order valence-electron chi connectivity index (χ3n) is 3.17. The van der Waals surface area contributed by atoms with Crippen LogP contribution in [0, 0.1) is 0 Å². The van der Waals surface area contributed by atoms with E-state index in [0.29, 0.717) is 6.42 Å². The standard InChI is InChI=1S/C11H16O4/c1-7-3-4-9(13)5-11(7)10(15-11)6-14-8(2)12/h9-10,13H,1,3-6H2,2H3/t9?,10-,11-/m0/s1. The third kappa shape index (κ3) is 1.92. The number of hydrogen-bond donors (Lipinski definition) is 1. The van der Waals surface area contributed by atoms with E-state index in [1.54, 1.807) is 0 Å². The Hall–Kier alpha value is -0.870. The number of rotatable bonds is 2. The molecule has 0 radical (unpaired) electrons. The van der Waals surface area contributed by atoms with Crippen LogP contribution in [0.2, 0.25) is 0 Å². The lowest BCUT2D eigenvalue weighted by Crippen LogP contribution is -2.31. The highest BCUT2D eigenvalue weighted by Gasteiger charge is 2.60. The molecular weight excluding hydrogens is 196 g/mol. The summed E-state index contributed by atoms with van der Waals surface area (Å²) in [6.45, 7) is 5.60. The smallest absolute Gasteiger partial charge is 0.302 e. The quantitative estimate of drug-likeness (QED) is 0.417. The van der Waals surface area contributed by atoms with Crippen LogP contribution < -0.4 is 0 Å². The summed E-state index contributed by atoms with van der Waals surface area (Å²) < 4.78 is 10.4. The van der Waals surface area contributed by atoms with Crippen molar-refractivity contribution >= 4 is 5.97 Å². The zero-order valence-electron chi connectivity index (χ0n) is 8.86. The van der Waals surface area contributed by atoms with Gasteiger partial charge in [0.05, 0.1) is 6.10 Å². The van der Waals surface area contributed by atoms with Gasteiger partial charge in [0.2, 0.25) is 0 Å². The van der Waals surface area contributed by atoms with Crippen molar-refractivity contribution in [2.75, 3.05) is 6.61 Å². The second-order valence-corrected chi connectivity index (χ2v) is 4.30. The lowest BCUT2D eigenvalue weighted by Gasteiger charge is -2.26. The van der Waals surface area contributed by atoms with E-state index in [1.807, 2.05) is 0 Å². The van der Waals surface area contributed by atoms with Crippen molar-refractivity contribution < 1.29 is 19.4 Å². The molecule has 3 atom stereocenters. The third-order valence-corrected chi connectivity index (χ3v) is 3.17. The van der Waals surface area contributed by atoms with Crippen LogP contribution in [0.3, 0.4) is 0 Å². The van der Waals surface area contributed by atoms with Gasteiger partial charge in [0, 0.05) is 13.3 Å². The van der Waals surface area contributed by atoms with Gasteiger partial charge in [0.25, 0.3) is 0 Å². The summed E-state index contributed by atoms with van der Waals surface area (Å²) in [4.78, 5) is 10.6. The fourth-order valence-corrected chi connectivity index (χ4v) is 2.22. The summed E-state index contributed by atoms with van der Waals surface area (Å²) in [5.74, 6) is -0.303. The van der Waals surface area contributed by atoms with Crippen LogP contribution in [0.5, 0.6) is 0 Å². The molecule has 0 amide bonds. The minimum atomic E-state index is -0.410. The van der Waals surface area contributed by atoms with Gasteiger partial charge in [-0.15, -0.1) is 0 Å². The maximum Gasteiger partial charge on any atom is 0.302 e. The van der Waals surface area contributed by atoms with Gasteiger partial charge in [0.15, 0.2) is 0 Å². The Morgan fingerprint density at radius 2 is 2.53 bits per heavy atom. The average Bonchev–Trinajstić information content (AvgIpc) is 2.84. The predicted molar refractivity (Wildman–Crippen MR) is 53.2 cm³/mol. The monoisotopic (exact) mass is 212 g/mol. The van der Waals surface area contributed by atoms with Crippen molar-refractivity contribution in [1.29, 1.82) is 0 Å². The van der Waals surface area contributed by atoms with Crippen LogP contribution in [0.1, 0.15) is 26.2 Å². The molecule has 4 heteroatoms. The summed E-state index contributed by atoms with van der Waals surface area (Å²) >= 11 is 0. The van der Waals surface area contributed by atoms with Gasteiger partial charge in [-0.3, -0.25) is 4.79 Å². The van der Waals surface area contributed by atoms with Crippen LogP contribution in [0.4, 0.5) is 0 Å². The number of carbonyl (C=O) groups is 1. The normalized spacial score (nSPS) is 39.2. The van der Waals surface area contributed by atoms with Gasteiger partial charge in [-0.2, -0.15) is 0 Å². The molecule has 2 rings (SSSR count). The molecule has 1 saturated carbocycles. The minimum Gasteiger partial charge on any atom is -0.463 e. The number of epoxide rings is 1. The van der Waals surface area contributed by atoms with Crippen molar-refractivity contribution in [2.24, 2.45) is 0 Å². The van der Waals surface area contributed by atoms with E-state index in [9.17, 15) is 9.90 Å². The van der Waals surface area contributed by atoms with Crippen molar-refractivity contribution in [3.05, 3.63) is 12.2 Å². The number of esters is 1. The molecule has 84 valence electrons. The topological polar surface area (TPSA) is 59.1 Å². The largest absolute Gasteiger partial charge is 0.463 e. The Labute approximate surface area is 88.9 Å². The first-order valence-corrected chi connectivity index (χ1v) is 5.22. The van der Waals surface area contributed by atoms with E-state index in [1.165, 1.54) is 6.92 Å². The molecule has 4 nitrogen and oxygen atoms in total. The summed E-state index contributed by atoms with van der Waals surface area (Å²) in [5, 5.41) is 9.57. The van der Waals surface area contributed by atoms with Gasteiger partial charge in [-0.25, -0.2) is 0 Å². The SMILES string of the molecule is C=C1CCC(O)C[C@]12O[C@H]2COC(C)=O. The van der Waals surface area contributed by atoms with Crippen molar-refractivity contribution in [3.8, 4) is 0 Å². The molecule has 1 aliphatic carbocycles. The Morgan fingerprint density at radius 1 is 1.80 bits per heavy atom. The first kappa shape index (κ1) is 10.6. The average molecular weight is 212 g/mol. The molecule has 0 bridgehead atoms. The lowest BCUT2D eigenvalue weighted by atomic mass is 9.81. The summed E-state index contributed by atoms with van der Waals surface area (Å²) in [6.07, 6.45) is 1.70. The van der Waals surface area contributed by atoms with Crippen LogP contribution in [-0.2, 0) is 14.3 Å². The second kappa shape index (κ2) is 3.61. The van der Waals surface area contributed by atoms with Gasteiger partial charge in [0.1, 0.15) is 18.3 Å². The van der Waals surface area contributed by atoms with Gasteiger partial charge >= 0.3 is 5.97 Å². The van der Waals surface area contributed by atoms with Crippen LogP contribution in [0.15, 0.2) is 12.2 Å². The van der Waals surface area contributed by atoms with Crippen LogP contribution in [0.25, 0.3) is 0 Å². The number of aliphatic hydroxyl groups excluding tert-OH is 1. The van der Waals surface area contributed by atoms with Crippen LogP contribution >= 0.6 is 0 Å². The second-order valence-electron chi connectivity index (χ2n) is 4.30. The lowest BCUT2D eigenvalue weighted by molar-refractivity contribution is -0.141. The molecule has 15 heavy (non-hydrogen) atoms. The molecule has 1 heterocycles. The summed E-state index contributed by atoms with van der Waals surface area (Å²) in [5.41, 5.74) is 0.609. The molecule has 0 aromatic heterocycles. The van der Waals surface area contributed by atoms with Gasteiger partial charge in [-0.05, 0) is 18.4 Å². The maximum atomic E-state index is 10.6. The first-order chi connectivity index (χ1) is 7.04. The molecule has 0 aromatic rings. The Bertz CT molecular complexity index is 299. The number of hydrogen-bond acceptors (Lipinski definition) is 4. The highest BCUT2D eigenvalue weighted by atomic mass is 16.6. The van der Waals surface area contributed by atoms with Gasteiger partial charge in [-0.1, -0.05) is 6.58 Å². The molecule has 1 aliphatic heterocycles. The maximum absolute atomic E-state index is 10.6. The summed E-state index contributed by atoms with van der Waals surface area (Å²) in [6, 6.07) is 0. The molecule has 1 unspecified atom stereocenters. The molecule has 1 saturated heterocycles. The Morgan fingerprint density at radius 3 is 3.20 bits per heavy atom. The van der Waals surface area contributed by atoms with E-state index in [0.717, 1.165) is 18.4 Å². The van der Waals surface area contributed by atoms with Crippen molar-refractivity contribution in [1.82, 2.24) is 0 Å². The number of aliphatic hydroxyl groups is 1. The summed E-state index contributed by atoms with van der Waals surface area (Å²) in [7, 11) is 0. The zero-order valence-corrected chi connectivity index (χ0v) is 8.86. The predicted octanol–water partition coefficient (Wildman–Crippen LogP) is 0.788. The van der Waals surface area contributed by atoms with Crippen molar-refractivity contribution in [3.63, 3.8) is 0 Å². The molecule has 2 fully saturated rings. The van der Waals surface area contributed by atoms with E-state index in [2.05, 4.69) is 6.58 Å². The van der Waals surface area contributed by atoms with E-state index < -0.39 is 5.60 Å². The fourth-order valence-electron chi connectivity index (χ4n) is 2.22. The van der Waals surface area contributed by atoms with Crippen LogP contribution in [-0.4, -0.2) is 35.5 Å². The van der Waals surface area contributed by atoms with E-state index in [4.69, 9.17) is 9.47 Å². The number of ether oxygens (including phenoxy) is 2. The molecule has 1 N–H and O–H groups in total.